The van der Waals surface area contributed by atoms with E-state index in [2.05, 4.69) is 26.1 Å². The second-order valence-corrected chi connectivity index (χ2v) is 8.24. The highest BCUT2D eigenvalue weighted by molar-refractivity contribution is 5.84. The van der Waals surface area contributed by atoms with Crippen LogP contribution in [0.3, 0.4) is 0 Å². The molecular weight excluding hydrogens is 332 g/mol. The zero-order valence-electron chi connectivity index (χ0n) is 17.0. The number of carbonyl (C=O) groups is 2. The lowest BCUT2D eigenvalue weighted by Gasteiger charge is -2.25. The van der Waals surface area contributed by atoms with Crippen molar-refractivity contribution in [1.29, 1.82) is 0 Å². The molecule has 151 valence electrons. The number of amides is 1. The van der Waals surface area contributed by atoms with E-state index in [9.17, 15) is 14.4 Å². The summed E-state index contributed by atoms with van der Waals surface area (Å²) in [5.41, 5.74) is 5.81. The molecule has 1 radical (unpaired) electrons. The highest BCUT2D eigenvalue weighted by Crippen LogP contribution is 2.23. The zero-order valence-corrected chi connectivity index (χ0v) is 17.0. The molecule has 0 fully saturated rings. The summed E-state index contributed by atoms with van der Waals surface area (Å²) in [6, 6.07) is -1.67. The van der Waals surface area contributed by atoms with Crippen molar-refractivity contribution in [2.24, 2.45) is 29.4 Å². The van der Waals surface area contributed by atoms with Crippen molar-refractivity contribution >= 4 is 18.2 Å². The van der Waals surface area contributed by atoms with Crippen LogP contribution in [0.4, 0.5) is 0 Å². The van der Waals surface area contributed by atoms with Gasteiger partial charge in [0.15, 0.2) is 0 Å². The molecule has 4 N–H and O–H groups in total. The van der Waals surface area contributed by atoms with Gasteiger partial charge in [0.1, 0.15) is 0 Å². The number of carbonyl (C=O) groups excluding carboxylic acids is 2. The van der Waals surface area contributed by atoms with Gasteiger partial charge in [0, 0.05) is 0 Å². The summed E-state index contributed by atoms with van der Waals surface area (Å²) in [6.07, 6.45) is 6.43. The van der Waals surface area contributed by atoms with E-state index in [1.54, 1.807) is 0 Å². The molecule has 0 aromatic heterocycles. The summed E-state index contributed by atoms with van der Waals surface area (Å²) in [7, 11) is 0. The van der Waals surface area contributed by atoms with Crippen LogP contribution in [0.15, 0.2) is 0 Å². The molecule has 6 nitrogen and oxygen atoms in total. The Labute approximate surface area is 158 Å². The lowest BCUT2D eigenvalue weighted by molar-refractivity contribution is -0.138. The molecule has 0 spiro atoms. The van der Waals surface area contributed by atoms with E-state index >= 15 is 0 Å². The van der Waals surface area contributed by atoms with Gasteiger partial charge in [0.2, 0.25) is 12.2 Å². The number of hydrogen-bond acceptors (Lipinski definition) is 4. The summed E-state index contributed by atoms with van der Waals surface area (Å²) < 4.78 is 0. The maximum absolute atomic E-state index is 12.1. The molecule has 0 aliphatic rings. The first kappa shape index (κ1) is 24.6. The van der Waals surface area contributed by atoms with Crippen molar-refractivity contribution < 1.29 is 19.5 Å². The normalized spacial score (nSPS) is 16.2. The van der Waals surface area contributed by atoms with E-state index in [1.165, 1.54) is 6.42 Å². The molecule has 4 atom stereocenters. The van der Waals surface area contributed by atoms with Crippen molar-refractivity contribution in [2.45, 2.75) is 85.2 Å². The van der Waals surface area contributed by atoms with Gasteiger partial charge in [-0.3, -0.25) is 14.4 Å². The van der Waals surface area contributed by atoms with Crippen LogP contribution in [0, 0.1) is 23.7 Å². The monoisotopic (exact) mass is 369 g/mol. The van der Waals surface area contributed by atoms with Gasteiger partial charge in [-0.05, 0) is 30.1 Å². The largest absolute Gasteiger partial charge is 0.481 e. The van der Waals surface area contributed by atoms with E-state index in [0.717, 1.165) is 19.3 Å². The third-order valence-electron chi connectivity index (χ3n) is 4.86. The lowest BCUT2D eigenvalue weighted by atomic mass is 9.87. The average Bonchev–Trinajstić information content (AvgIpc) is 2.54. The Kier molecular flexibility index (Phi) is 12.1. The number of hydrogen-bond donors (Lipinski definition) is 3. The molecule has 0 aliphatic carbocycles. The van der Waals surface area contributed by atoms with Gasteiger partial charge in [0.05, 0.1) is 18.5 Å². The SMILES string of the molecule is CC(C)CCCC(C)CCC(CC(=O)O)[C@@H]([C]=O)NC(=O)[C@@H](N)C(C)C. The van der Waals surface area contributed by atoms with E-state index in [-0.39, 0.29) is 12.3 Å². The van der Waals surface area contributed by atoms with Gasteiger partial charge in [-0.2, -0.15) is 0 Å². The van der Waals surface area contributed by atoms with Gasteiger partial charge in [-0.25, -0.2) is 0 Å². The van der Waals surface area contributed by atoms with Crippen LogP contribution in [0.2, 0.25) is 0 Å². The first-order valence-corrected chi connectivity index (χ1v) is 9.73. The van der Waals surface area contributed by atoms with Gasteiger partial charge in [0.25, 0.3) is 0 Å². The predicted octanol–water partition coefficient (Wildman–Crippen LogP) is 2.90. The third kappa shape index (κ3) is 10.5. The Morgan fingerprint density at radius 2 is 1.65 bits per heavy atom. The van der Waals surface area contributed by atoms with Crippen molar-refractivity contribution in [3.8, 4) is 0 Å². The molecular formula is C20H37N2O4. The number of carboxylic acids is 1. The Bertz CT molecular complexity index is 438. The van der Waals surface area contributed by atoms with Crippen LogP contribution >= 0.6 is 0 Å². The fourth-order valence-electron chi connectivity index (χ4n) is 2.92. The quantitative estimate of drug-likeness (QED) is 0.436. The van der Waals surface area contributed by atoms with E-state index in [0.29, 0.717) is 18.3 Å². The predicted molar refractivity (Wildman–Crippen MR) is 103 cm³/mol. The van der Waals surface area contributed by atoms with Gasteiger partial charge >= 0.3 is 5.97 Å². The zero-order chi connectivity index (χ0) is 20.3. The summed E-state index contributed by atoms with van der Waals surface area (Å²) >= 11 is 0. The number of rotatable bonds is 14. The molecule has 0 saturated heterocycles. The van der Waals surface area contributed by atoms with E-state index < -0.39 is 29.9 Å². The lowest BCUT2D eigenvalue weighted by Crippen LogP contribution is -2.51. The molecule has 0 aromatic rings. The Hall–Kier alpha value is -1.43. The summed E-state index contributed by atoms with van der Waals surface area (Å²) in [6.45, 7) is 10.2. The van der Waals surface area contributed by atoms with Crippen molar-refractivity contribution in [3.05, 3.63) is 0 Å². The smallest absolute Gasteiger partial charge is 0.303 e. The molecule has 2 unspecified atom stereocenters. The number of nitrogens with one attached hydrogen (secondary N) is 1. The molecule has 0 bridgehead atoms. The molecule has 1 amide bonds. The number of carboxylic acid groups (broad SMARTS) is 1. The van der Waals surface area contributed by atoms with Gasteiger partial charge in [-0.15, -0.1) is 0 Å². The van der Waals surface area contributed by atoms with Crippen LogP contribution in [0.1, 0.15) is 73.1 Å². The first-order valence-electron chi connectivity index (χ1n) is 9.73. The van der Waals surface area contributed by atoms with Crippen molar-refractivity contribution in [1.82, 2.24) is 5.32 Å². The molecule has 0 rings (SSSR count). The van der Waals surface area contributed by atoms with Crippen LogP contribution in [0.5, 0.6) is 0 Å². The highest BCUT2D eigenvalue weighted by atomic mass is 16.4. The van der Waals surface area contributed by atoms with Gasteiger partial charge in [-0.1, -0.05) is 60.3 Å². The van der Waals surface area contributed by atoms with Crippen LogP contribution in [-0.4, -0.2) is 35.4 Å². The minimum Gasteiger partial charge on any atom is -0.481 e. The van der Waals surface area contributed by atoms with Crippen molar-refractivity contribution in [3.63, 3.8) is 0 Å². The maximum atomic E-state index is 12.1. The molecule has 0 aromatic carbocycles. The molecule has 0 aliphatic heterocycles. The van der Waals surface area contributed by atoms with Gasteiger partial charge < -0.3 is 16.2 Å². The highest BCUT2D eigenvalue weighted by Gasteiger charge is 2.28. The summed E-state index contributed by atoms with van der Waals surface area (Å²) in [5.74, 6) is -0.830. The number of aliphatic carboxylic acids is 1. The fraction of sp³-hybridized carbons (Fsp3) is 0.850. The van der Waals surface area contributed by atoms with E-state index in [4.69, 9.17) is 10.8 Å². The van der Waals surface area contributed by atoms with E-state index in [1.807, 2.05) is 20.1 Å². The fourth-order valence-corrected chi connectivity index (χ4v) is 2.92. The van der Waals surface area contributed by atoms with Crippen LogP contribution in [-0.2, 0) is 14.4 Å². The molecule has 0 heterocycles. The first-order chi connectivity index (χ1) is 12.1. The molecule has 26 heavy (non-hydrogen) atoms. The summed E-state index contributed by atoms with van der Waals surface area (Å²) in [5, 5.41) is 11.7. The van der Waals surface area contributed by atoms with Crippen LogP contribution in [0.25, 0.3) is 0 Å². The Balaban J connectivity index is 4.74. The van der Waals surface area contributed by atoms with Crippen molar-refractivity contribution in [2.75, 3.05) is 0 Å². The second kappa shape index (κ2) is 12.8. The Morgan fingerprint density at radius 3 is 2.12 bits per heavy atom. The minimum absolute atomic E-state index is 0.0683. The topological polar surface area (TPSA) is 109 Å². The minimum atomic E-state index is -0.981. The average molecular weight is 370 g/mol. The Morgan fingerprint density at radius 1 is 1.04 bits per heavy atom. The molecule has 6 heteroatoms. The third-order valence-corrected chi connectivity index (χ3v) is 4.86. The standard InChI is InChI=1S/C20H37N2O4/c1-13(2)7-6-8-15(5)9-10-16(11-18(24)25)17(12-23)22-20(26)19(21)14(3)4/h13-17,19H,6-11,21H2,1-5H3,(H,22,26)(H,24,25)/t15?,16?,17-,19+/m1/s1. The second-order valence-electron chi connectivity index (χ2n) is 8.24. The summed E-state index contributed by atoms with van der Waals surface area (Å²) in [4.78, 5) is 34.7. The maximum Gasteiger partial charge on any atom is 0.303 e. The molecule has 0 saturated carbocycles. The number of nitrogens with two attached hydrogens (primary N) is 1. The van der Waals surface area contributed by atoms with Crippen LogP contribution < -0.4 is 11.1 Å².